The van der Waals surface area contributed by atoms with E-state index in [2.05, 4.69) is 6.58 Å². The maximum atomic E-state index is 12.5. The molecule has 0 aliphatic carbocycles. The van der Waals surface area contributed by atoms with Crippen molar-refractivity contribution >= 4 is 11.9 Å². The molecule has 0 radical (unpaired) electrons. The lowest BCUT2D eigenvalue weighted by molar-refractivity contribution is -0.143. The van der Waals surface area contributed by atoms with Gasteiger partial charge in [-0.05, 0) is 18.9 Å². The van der Waals surface area contributed by atoms with Crippen LogP contribution >= 0.6 is 0 Å². The highest BCUT2D eigenvalue weighted by atomic mass is 16.4. The molecule has 1 aliphatic heterocycles. The number of allylic oxidation sites excluding steroid dienone is 1. The predicted octanol–water partition coefficient (Wildman–Crippen LogP) is 2.67. The van der Waals surface area contributed by atoms with Crippen molar-refractivity contribution in [3.8, 4) is 0 Å². The Morgan fingerprint density at radius 3 is 2.62 bits per heavy atom. The first-order chi connectivity index (χ1) is 10.0. The second-order valence-corrected chi connectivity index (χ2v) is 5.52. The Bertz CT molecular complexity index is 526. The predicted molar refractivity (Wildman–Crippen MR) is 80.9 cm³/mol. The van der Waals surface area contributed by atoms with E-state index in [9.17, 15) is 9.59 Å². The van der Waals surface area contributed by atoms with Gasteiger partial charge in [-0.1, -0.05) is 36.4 Å². The third kappa shape index (κ3) is 3.32. The summed E-state index contributed by atoms with van der Waals surface area (Å²) >= 11 is 0. The van der Waals surface area contributed by atoms with E-state index < -0.39 is 11.9 Å². The van der Waals surface area contributed by atoms with Gasteiger partial charge in [0.25, 0.3) is 0 Å². The zero-order valence-corrected chi connectivity index (χ0v) is 12.2. The Morgan fingerprint density at radius 1 is 1.43 bits per heavy atom. The molecule has 1 aromatic rings. The highest BCUT2D eigenvalue weighted by Gasteiger charge is 2.38. The van der Waals surface area contributed by atoms with Gasteiger partial charge in [0.15, 0.2) is 0 Å². The SMILES string of the molecule is C=CC(CC(=O)N1CCC(C(=O)O)C1C)c1ccccc1. The highest BCUT2D eigenvalue weighted by Crippen LogP contribution is 2.28. The lowest BCUT2D eigenvalue weighted by atomic mass is 9.95. The fourth-order valence-electron chi connectivity index (χ4n) is 2.96. The number of hydrogen-bond acceptors (Lipinski definition) is 2. The molecule has 3 atom stereocenters. The fourth-order valence-corrected chi connectivity index (χ4v) is 2.96. The Morgan fingerprint density at radius 2 is 2.10 bits per heavy atom. The third-order valence-corrected chi connectivity index (χ3v) is 4.30. The van der Waals surface area contributed by atoms with Crippen LogP contribution in [0.5, 0.6) is 0 Å². The van der Waals surface area contributed by atoms with Gasteiger partial charge in [0, 0.05) is 24.9 Å². The third-order valence-electron chi connectivity index (χ3n) is 4.30. The van der Waals surface area contributed by atoms with Gasteiger partial charge in [0.1, 0.15) is 0 Å². The summed E-state index contributed by atoms with van der Waals surface area (Å²) in [5.41, 5.74) is 1.06. The number of aliphatic carboxylic acids is 1. The number of hydrogen-bond donors (Lipinski definition) is 1. The largest absolute Gasteiger partial charge is 0.481 e. The van der Waals surface area contributed by atoms with Gasteiger partial charge in [0.05, 0.1) is 5.92 Å². The standard InChI is InChI=1S/C17H21NO3/c1-3-13(14-7-5-4-6-8-14)11-16(19)18-10-9-15(12(18)2)17(20)21/h3-8,12-13,15H,1,9-11H2,2H3,(H,20,21). The Labute approximate surface area is 125 Å². The van der Waals surface area contributed by atoms with E-state index in [0.29, 0.717) is 19.4 Å². The molecule has 0 bridgehead atoms. The van der Waals surface area contributed by atoms with Crippen LogP contribution in [0.15, 0.2) is 43.0 Å². The van der Waals surface area contributed by atoms with Crippen LogP contribution in [0.3, 0.4) is 0 Å². The summed E-state index contributed by atoms with van der Waals surface area (Å²) in [6.45, 7) is 6.15. The van der Waals surface area contributed by atoms with Crippen molar-refractivity contribution in [2.24, 2.45) is 5.92 Å². The summed E-state index contributed by atoms with van der Waals surface area (Å²) < 4.78 is 0. The molecule has 0 aromatic heterocycles. The van der Waals surface area contributed by atoms with Crippen molar-refractivity contribution in [1.82, 2.24) is 4.90 Å². The summed E-state index contributed by atoms with van der Waals surface area (Å²) in [4.78, 5) is 25.3. The molecule has 2 rings (SSSR count). The number of carbonyl (C=O) groups is 2. The first kappa shape index (κ1) is 15.3. The van der Waals surface area contributed by atoms with Gasteiger partial charge in [-0.15, -0.1) is 6.58 Å². The molecule has 1 amide bonds. The number of benzene rings is 1. The van der Waals surface area contributed by atoms with Crippen LogP contribution in [0.25, 0.3) is 0 Å². The molecular formula is C17H21NO3. The molecule has 112 valence electrons. The monoisotopic (exact) mass is 287 g/mol. The number of carbonyl (C=O) groups excluding carboxylic acids is 1. The lowest BCUT2D eigenvalue weighted by Crippen LogP contribution is -2.38. The van der Waals surface area contributed by atoms with Crippen molar-refractivity contribution < 1.29 is 14.7 Å². The van der Waals surface area contributed by atoms with Crippen LogP contribution in [0.1, 0.15) is 31.2 Å². The molecule has 4 nitrogen and oxygen atoms in total. The van der Waals surface area contributed by atoms with Gasteiger partial charge in [-0.3, -0.25) is 9.59 Å². The molecule has 1 N–H and O–H groups in total. The van der Waals surface area contributed by atoms with E-state index in [0.717, 1.165) is 5.56 Å². The second-order valence-electron chi connectivity index (χ2n) is 5.52. The minimum Gasteiger partial charge on any atom is -0.481 e. The van der Waals surface area contributed by atoms with Crippen LogP contribution in [0.2, 0.25) is 0 Å². The van der Waals surface area contributed by atoms with Crippen molar-refractivity contribution in [3.63, 3.8) is 0 Å². The molecule has 0 spiro atoms. The molecule has 21 heavy (non-hydrogen) atoms. The van der Waals surface area contributed by atoms with E-state index >= 15 is 0 Å². The maximum Gasteiger partial charge on any atom is 0.308 e. The first-order valence-corrected chi connectivity index (χ1v) is 7.24. The number of nitrogens with zero attached hydrogens (tertiary/aromatic N) is 1. The molecule has 1 aliphatic rings. The van der Waals surface area contributed by atoms with Gasteiger partial charge in [-0.25, -0.2) is 0 Å². The molecule has 3 unspecified atom stereocenters. The number of carboxylic acids is 1. The Hall–Kier alpha value is -2.10. The first-order valence-electron chi connectivity index (χ1n) is 7.24. The van der Waals surface area contributed by atoms with E-state index in [1.807, 2.05) is 37.3 Å². The van der Waals surface area contributed by atoms with Crippen LogP contribution in [0.4, 0.5) is 0 Å². The van der Waals surface area contributed by atoms with E-state index in [1.165, 1.54) is 0 Å². The van der Waals surface area contributed by atoms with E-state index in [-0.39, 0.29) is 17.9 Å². The number of amides is 1. The van der Waals surface area contributed by atoms with E-state index in [1.54, 1.807) is 11.0 Å². The molecular weight excluding hydrogens is 266 g/mol. The van der Waals surface area contributed by atoms with Gasteiger partial charge in [0.2, 0.25) is 5.91 Å². The molecule has 0 saturated carbocycles. The highest BCUT2D eigenvalue weighted by molar-refractivity contribution is 5.80. The molecule has 1 heterocycles. The summed E-state index contributed by atoms with van der Waals surface area (Å²) in [6.07, 6.45) is 2.65. The number of likely N-dealkylation sites (tertiary alicyclic amines) is 1. The summed E-state index contributed by atoms with van der Waals surface area (Å²) in [7, 11) is 0. The molecule has 1 aromatic carbocycles. The van der Waals surface area contributed by atoms with Crippen molar-refractivity contribution in [2.75, 3.05) is 6.54 Å². The normalized spacial score (nSPS) is 22.8. The molecule has 1 fully saturated rings. The zero-order chi connectivity index (χ0) is 15.4. The summed E-state index contributed by atoms with van der Waals surface area (Å²) in [6, 6.07) is 9.53. The van der Waals surface area contributed by atoms with Crippen LogP contribution < -0.4 is 0 Å². The minimum absolute atomic E-state index is 0.00000283. The second kappa shape index (κ2) is 6.57. The van der Waals surface area contributed by atoms with Crippen molar-refractivity contribution in [1.29, 1.82) is 0 Å². The van der Waals surface area contributed by atoms with Crippen molar-refractivity contribution in [2.45, 2.75) is 31.7 Å². The fraction of sp³-hybridized carbons (Fsp3) is 0.412. The lowest BCUT2D eigenvalue weighted by Gasteiger charge is -2.25. The van der Waals surface area contributed by atoms with Gasteiger partial charge >= 0.3 is 5.97 Å². The number of rotatable bonds is 5. The van der Waals surface area contributed by atoms with Crippen LogP contribution in [0, 0.1) is 5.92 Å². The summed E-state index contributed by atoms with van der Waals surface area (Å²) in [5, 5.41) is 9.14. The van der Waals surface area contributed by atoms with Crippen LogP contribution in [-0.4, -0.2) is 34.5 Å². The minimum atomic E-state index is -0.818. The molecule has 4 heteroatoms. The maximum absolute atomic E-state index is 12.5. The van der Waals surface area contributed by atoms with Gasteiger partial charge < -0.3 is 10.0 Å². The molecule has 1 saturated heterocycles. The van der Waals surface area contributed by atoms with Crippen LogP contribution in [-0.2, 0) is 9.59 Å². The zero-order valence-electron chi connectivity index (χ0n) is 12.2. The smallest absolute Gasteiger partial charge is 0.308 e. The average Bonchev–Trinajstić information content (AvgIpc) is 2.87. The summed E-state index contributed by atoms with van der Waals surface area (Å²) in [5.74, 6) is -1.30. The van der Waals surface area contributed by atoms with Gasteiger partial charge in [-0.2, -0.15) is 0 Å². The Kier molecular flexibility index (Phi) is 4.78. The topological polar surface area (TPSA) is 57.6 Å². The van der Waals surface area contributed by atoms with E-state index in [4.69, 9.17) is 5.11 Å². The van der Waals surface area contributed by atoms with Crippen molar-refractivity contribution in [3.05, 3.63) is 48.6 Å². The number of carboxylic acid groups (broad SMARTS) is 1. The Balaban J connectivity index is 2.04. The average molecular weight is 287 g/mol. The quantitative estimate of drug-likeness (QED) is 0.847.